The van der Waals surface area contributed by atoms with Gasteiger partial charge in [0.25, 0.3) is 5.69 Å². The van der Waals surface area contributed by atoms with Gasteiger partial charge in [-0.1, -0.05) is 60.2 Å². The summed E-state index contributed by atoms with van der Waals surface area (Å²) in [7, 11) is 0. The molecule has 3 aromatic carbocycles. The van der Waals surface area contributed by atoms with Crippen molar-refractivity contribution in [2.24, 2.45) is 0 Å². The smallest absolute Gasteiger partial charge is 0.269 e. The van der Waals surface area contributed by atoms with E-state index in [4.69, 9.17) is 0 Å². The number of aliphatic hydroxyl groups excluding tert-OH is 1. The molecule has 0 saturated carbocycles. The lowest BCUT2D eigenvalue weighted by Crippen LogP contribution is -2.42. The van der Waals surface area contributed by atoms with E-state index in [9.17, 15) is 25.4 Å². The second-order valence-corrected chi connectivity index (χ2v) is 9.07. The second-order valence-electron chi connectivity index (χ2n) is 9.07. The number of nitro groups is 1. The molecule has 0 aromatic heterocycles. The van der Waals surface area contributed by atoms with E-state index in [0.29, 0.717) is 41.7 Å². The van der Waals surface area contributed by atoms with Crippen molar-refractivity contribution in [1.29, 1.82) is 5.41 Å². The van der Waals surface area contributed by atoms with Crippen molar-refractivity contribution in [2.45, 2.75) is 32.1 Å². The number of nitro benzene ring substituents is 1. The van der Waals surface area contributed by atoms with Gasteiger partial charge in [-0.15, -0.1) is 0 Å². The van der Waals surface area contributed by atoms with Gasteiger partial charge in [-0.3, -0.25) is 25.2 Å². The third-order valence-corrected chi connectivity index (χ3v) is 6.76. The minimum Gasteiger partial charge on any atom is -0.507 e. The Morgan fingerprint density at radius 3 is 2.44 bits per heavy atom. The topological polar surface area (TPSA) is 108 Å². The number of benzene rings is 3. The van der Waals surface area contributed by atoms with E-state index in [1.165, 1.54) is 12.1 Å². The van der Waals surface area contributed by atoms with Crippen LogP contribution in [0.15, 0.2) is 95.7 Å². The number of anilines is 1. The molecule has 2 N–H and O–H groups in total. The predicted molar refractivity (Wildman–Crippen MR) is 139 cm³/mol. The number of aryl methyl sites for hydroxylation is 1. The maximum absolute atomic E-state index is 13.5. The average molecular weight is 480 g/mol. The summed E-state index contributed by atoms with van der Waals surface area (Å²) in [4.78, 5) is 26.3. The highest BCUT2D eigenvalue weighted by Crippen LogP contribution is 2.48. The number of aliphatic hydroxyl groups is 1. The first-order valence-corrected chi connectivity index (χ1v) is 11.8. The average Bonchev–Trinajstić information content (AvgIpc) is 2.89. The molecule has 7 nitrogen and oxygen atoms in total. The maximum Gasteiger partial charge on any atom is 0.269 e. The molecule has 0 bridgehead atoms. The lowest BCUT2D eigenvalue weighted by molar-refractivity contribution is -0.384. The fraction of sp³-hybridized carbons (Fsp3) is 0.172. The Balaban J connectivity index is 1.84. The van der Waals surface area contributed by atoms with Gasteiger partial charge in [0.1, 0.15) is 11.6 Å². The Morgan fingerprint density at radius 2 is 1.75 bits per heavy atom. The van der Waals surface area contributed by atoms with E-state index >= 15 is 0 Å². The van der Waals surface area contributed by atoms with Crippen LogP contribution in [0.1, 0.15) is 41.9 Å². The largest absolute Gasteiger partial charge is 0.507 e. The molecule has 1 atom stereocenters. The highest BCUT2D eigenvalue weighted by molar-refractivity contribution is 6.19. The molecule has 0 amide bonds. The number of nitrogens with zero attached hydrogens (tertiary/aromatic N) is 2. The third kappa shape index (κ3) is 3.98. The van der Waals surface area contributed by atoms with E-state index in [1.807, 2.05) is 49.4 Å². The molecule has 3 aromatic rings. The van der Waals surface area contributed by atoms with Crippen molar-refractivity contribution in [2.75, 3.05) is 4.90 Å². The Labute approximate surface area is 208 Å². The van der Waals surface area contributed by atoms with Gasteiger partial charge in [0.15, 0.2) is 5.78 Å². The molecular weight excluding hydrogens is 454 g/mol. The van der Waals surface area contributed by atoms with E-state index in [-0.39, 0.29) is 28.6 Å². The van der Waals surface area contributed by atoms with Crippen LogP contribution in [0.2, 0.25) is 0 Å². The van der Waals surface area contributed by atoms with E-state index in [1.54, 1.807) is 29.2 Å². The molecule has 0 spiro atoms. The number of amidine groups is 1. The Hall–Kier alpha value is -4.52. The van der Waals surface area contributed by atoms with Crippen molar-refractivity contribution in [3.63, 3.8) is 0 Å². The van der Waals surface area contributed by atoms with E-state index in [2.05, 4.69) is 0 Å². The summed E-state index contributed by atoms with van der Waals surface area (Å²) in [6, 6.07) is 22.8. The molecule has 1 heterocycles. The quantitative estimate of drug-likeness (QED) is 0.254. The van der Waals surface area contributed by atoms with Gasteiger partial charge in [-0.05, 0) is 37.5 Å². The van der Waals surface area contributed by atoms with Crippen molar-refractivity contribution in [3.8, 4) is 0 Å². The summed E-state index contributed by atoms with van der Waals surface area (Å²) in [5, 5.41) is 32.5. The first-order valence-electron chi connectivity index (χ1n) is 11.8. The van der Waals surface area contributed by atoms with Crippen LogP contribution in [0, 0.1) is 22.4 Å². The lowest BCUT2D eigenvalue weighted by Gasteiger charge is -2.41. The monoisotopic (exact) mass is 479 g/mol. The van der Waals surface area contributed by atoms with Crippen molar-refractivity contribution >= 4 is 28.8 Å². The zero-order valence-corrected chi connectivity index (χ0v) is 19.8. The van der Waals surface area contributed by atoms with Crippen LogP contribution in [0.3, 0.4) is 0 Å². The Kier molecular flexibility index (Phi) is 5.98. The Bertz CT molecular complexity index is 1440. The van der Waals surface area contributed by atoms with Crippen LogP contribution in [0.25, 0.3) is 5.76 Å². The number of hydrogen-bond acceptors (Lipinski definition) is 5. The van der Waals surface area contributed by atoms with Gasteiger partial charge in [-0.2, -0.15) is 0 Å². The molecule has 1 aliphatic heterocycles. The standard InChI is InChI=1S/C29H25N3O4/c1-18-13-15-19(16-14-18)28(34)27-25(20-7-5-10-22(17-20)32(35)36)26-23(11-6-12-24(26)33)31(29(27)30)21-8-3-2-4-9-21/h2-5,7-10,13-17,25,30,34H,6,11-12H2,1H3/t25-/m1/s1. The molecule has 0 fully saturated rings. The zero-order chi connectivity index (χ0) is 25.4. The number of carbonyl (C=O) groups excluding carboxylic acids is 1. The molecule has 0 saturated heterocycles. The molecule has 0 unspecified atom stereocenters. The summed E-state index contributed by atoms with van der Waals surface area (Å²) >= 11 is 0. The summed E-state index contributed by atoms with van der Waals surface area (Å²) in [6.07, 6.45) is 1.58. The SMILES string of the molecule is Cc1ccc(C(O)=C2C(=N)N(c3ccccc3)C3=C(C(=O)CCC3)[C@H]2c2cccc([N+](=O)[O-])c2)cc1. The van der Waals surface area contributed by atoms with Crippen LogP contribution in [-0.2, 0) is 4.79 Å². The summed E-state index contributed by atoms with van der Waals surface area (Å²) in [5.41, 5.74) is 4.07. The fourth-order valence-corrected chi connectivity index (χ4v) is 5.07. The number of ketones is 1. The van der Waals surface area contributed by atoms with E-state index < -0.39 is 10.8 Å². The number of nitrogens with one attached hydrogen (secondary N) is 1. The van der Waals surface area contributed by atoms with Crippen LogP contribution in [0.4, 0.5) is 11.4 Å². The highest BCUT2D eigenvalue weighted by atomic mass is 16.6. The van der Waals surface area contributed by atoms with Crippen LogP contribution in [-0.4, -0.2) is 21.6 Å². The molecule has 2 aliphatic rings. The van der Waals surface area contributed by atoms with Crippen LogP contribution >= 0.6 is 0 Å². The number of Topliss-reactive ketones (excluding diaryl/α,β-unsaturated/α-hetero) is 1. The van der Waals surface area contributed by atoms with E-state index in [0.717, 1.165) is 11.3 Å². The molecule has 180 valence electrons. The van der Waals surface area contributed by atoms with Gasteiger partial charge in [0, 0.05) is 52.6 Å². The van der Waals surface area contributed by atoms with Gasteiger partial charge >= 0.3 is 0 Å². The molecule has 1 aliphatic carbocycles. The molecule has 7 heteroatoms. The summed E-state index contributed by atoms with van der Waals surface area (Å²) < 4.78 is 0. The molecule has 5 rings (SSSR count). The summed E-state index contributed by atoms with van der Waals surface area (Å²) in [6.45, 7) is 1.94. The second kappa shape index (κ2) is 9.26. The number of rotatable bonds is 4. The minimum atomic E-state index is -0.804. The first kappa shape index (κ1) is 23.2. The molecule has 36 heavy (non-hydrogen) atoms. The fourth-order valence-electron chi connectivity index (χ4n) is 5.07. The van der Waals surface area contributed by atoms with Gasteiger partial charge in [0.05, 0.1) is 4.92 Å². The number of non-ortho nitro benzene ring substituents is 1. The molecular formula is C29H25N3O4. The van der Waals surface area contributed by atoms with Crippen molar-refractivity contribution in [1.82, 2.24) is 0 Å². The van der Waals surface area contributed by atoms with Crippen molar-refractivity contribution < 1.29 is 14.8 Å². The summed E-state index contributed by atoms with van der Waals surface area (Å²) in [5.74, 6) is -0.955. The Morgan fingerprint density at radius 1 is 1.03 bits per heavy atom. The lowest BCUT2D eigenvalue weighted by atomic mass is 9.73. The molecule has 0 radical (unpaired) electrons. The van der Waals surface area contributed by atoms with Crippen molar-refractivity contribution in [3.05, 3.63) is 123 Å². The predicted octanol–water partition coefficient (Wildman–Crippen LogP) is 6.46. The van der Waals surface area contributed by atoms with Crippen LogP contribution < -0.4 is 4.90 Å². The number of carbonyl (C=O) groups is 1. The third-order valence-electron chi connectivity index (χ3n) is 6.76. The highest BCUT2D eigenvalue weighted by Gasteiger charge is 2.43. The van der Waals surface area contributed by atoms with Gasteiger partial charge < -0.3 is 5.11 Å². The minimum absolute atomic E-state index is 0.0456. The number of allylic oxidation sites excluding steroid dienone is 2. The normalized spacial score (nSPS) is 19.2. The van der Waals surface area contributed by atoms with Crippen LogP contribution in [0.5, 0.6) is 0 Å². The number of para-hydroxylation sites is 1. The zero-order valence-electron chi connectivity index (χ0n) is 19.8. The number of hydrogen-bond donors (Lipinski definition) is 2. The van der Waals surface area contributed by atoms with Gasteiger partial charge in [-0.25, -0.2) is 0 Å². The first-order chi connectivity index (χ1) is 17.4. The maximum atomic E-state index is 13.5. The van der Waals surface area contributed by atoms with Gasteiger partial charge in [0.2, 0.25) is 0 Å².